The molecule has 1 fully saturated rings. The number of thiazole rings is 1. The molecule has 0 unspecified atom stereocenters. The Hall–Kier alpha value is -1.58. The highest BCUT2D eigenvalue weighted by Gasteiger charge is 2.38. The van der Waals surface area contributed by atoms with E-state index in [0.717, 1.165) is 5.69 Å². The Morgan fingerprint density at radius 3 is 2.50 bits per heavy atom. The van der Waals surface area contributed by atoms with E-state index in [1.165, 1.54) is 11.3 Å². The van der Waals surface area contributed by atoms with Crippen molar-refractivity contribution in [2.24, 2.45) is 0 Å². The predicted octanol–water partition coefficient (Wildman–Crippen LogP) is 0.111. The van der Waals surface area contributed by atoms with Crippen molar-refractivity contribution in [3.63, 3.8) is 0 Å². The van der Waals surface area contributed by atoms with Gasteiger partial charge in [0.15, 0.2) is 5.13 Å². The number of aliphatic hydroxyl groups is 3. The molecule has 2 heterocycles. The van der Waals surface area contributed by atoms with Crippen molar-refractivity contribution < 1.29 is 43.8 Å². The van der Waals surface area contributed by atoms with Gasteiger partial charge in [-0.15, -0.1) is 11.3 Å². The van der Waals surface area contributed by atoms with Crippen LogP contribution >= 0.6 is 11.3 Å². The summed E-state index contributed by atoms with van der Waals surface area (Å²) in [5.41, 5.74) is 0.206. The lowest BCUT2D eigenvalue weighted by atomic mass is 9.99. The van der Waals surface area contributed by atoms with Gasteiger partial charge in [0.25, 0.3) is 0 Å². The Kier molecular flexibility index (Phi) is 12.4. The molecule has 34 heavy (non-hydrogen) atoms. The molecule has 4 atom stereocenters. The molecule has 1 aliphatic rings. The summed E-state index contributed by atoms with van der Waals surface area (Å²) in [6, 6.07) is -0.526. The second-order valence-electron chi connectivity index (χ2n) is 8.64. The number of rotatable bonds is 14. The number of anilines is 1. The van der Waals surface area contributed by atoms with Gasteiger partial charge in [0.1, 0.15) is 23.9 Å². The standard InChI is InChI=1S/C21H37N3O9S/c1-21(2,3)33-20(28)22-4-5-29-6-7-30-8-9-31-11-14-13-34-19(23-14)24-15-12-32-16(10-25)18(27)17(15)26/h13,15-18,25-27H,4-12H2,1-3H3,(H,22,28)(H,23,24)/t15-,16+,17+,18-/m0/s1. The van der Waals surface area contributed by atoms with E-state index in [2.05, 4.69) is 15.6 Å². The van der Waals surface area contributed by atoms with Crippen LogP contribution in [0.4, 0.5) is 9.93 Å². The van der Waals surface area contributed by atoms with Gasteiger partial charge in [-0.3, -0.25) is 0 Å². The molecule has 0 radical (unpaired) electrons. The van der Waals surface area contributed by atoms with Gasteiger partial charge in [0.2, 0.25) is 0 Å². The van der Waals surface area contributed by atoms with Crippen molar-refractivity contribution in [1.29, 1.82) is 0 Å². The first-order chi connectivity index (χ1) is 16.2. The minimum atomic E-state index is -1.17. The maximum atomic E-state index is 11.5. The fourth-order valence-corrected chi connectivity index (χ4v) is 3.68. The average molecular weight is 508 g/mol. The van der Waals surface area contributed by atoms with Crippen LogP contribution in [0.15, 0.2) is 5.38 Å². The number of hydrogen-bond donors (Lipinski definition) is 5. The molecule has 1 aromatic rings. The van der Waals surface area contributed by atoms with Gasteiger partial charge in [-0.25, -0.2) is 9.78 Å². The third kappa shape index (κ3) is 10.8. The number of carbonyl (C=O) groups is 1. The van der Waals surface area contributed by atoms with E-state index < -0.39 is 36.0 Å². The van der Waals surface area contributed by atoms with E-state index in [4.69, 9.17) is 28.8 Å². The Labute approximate surface area is 203 Å². The summed E-state index contributed by atoms with van der Waals surface area (Å²) < 4.78 is 26.8. The van der Waals surface area contributed by atoms with Gasteiger partial charge in [-0.05, 0) is 20.8 Å². The molecular formula is C21H37N3O9S. The van der Waals surface area contributed by atoms with Crippen molar-refractivity contribution in [3.05, 3.63) is 11.1 Å². The van der Waals surface area contributed by atoms with Crippen molar-refractivity contribution in [2.45, 2.75) is 57.3 Å². The Morgan fingerprint density at radius 1 is 1.15 bits per heavy atom. The van der Waals surface area contributed by atoms with Gasteiger partial charge >= 0.3 is 6.09 Å². The lowest BCUT2D eigenvalue weighted by molar-refractivity contribution is -0.152. The molecule has 5 N–H and O–H groups in total. The quantitative estimate of drug-likeness (QED) is 0.217. The van der Waals surface area contributed by atoms with E-state index in [1.807, 2.05) is 5.38 Å². The summed E-state index contributed by atoms with van der Waals surface area (Å²) in [7, 11) is 0. The number of alkyl carbamates (subject to hydrolysis) is 1. The smallest absolute Gasteiger partial charge is 0.407 e. The van der Waals surface area contributed by atoms with Crippen molar-refractivity contribution in [2.75, 3.05) is 58.1 Å². The molecule has 0 spiro atoms. The molecule has 1 amide bonds. The van der Waals surface area contributed by atoms with Crippen LogP contribution in [0, 0.1) is 0 Å². The first kappa shape index (κ1) is 28.7. The highest BCUT2D eigenvalue weighted by molar-refractivity contribution is 7.13. The van der Waals surface area contributed by atoms with Gasteiger partial charge in [-0.1, -0.05) is 0 Å². The van der Waals surface area contributed by atoms with Crippen LogP contribution in [0.1, 0.15) is 26.5 Å². The predicted molar refractivity (Wildman–Crippen MR) is 124 cm³/mol. The third-order valence-electron chi connectivity index (χ3n) is 4.58. The fourth-order valence-electron chi connectivity index (χ4n) is 2.92. The molecule has 1 aromatic heterocycles. The topological polar surface area (TPSA) is 161 Å². The lowest BCUT2D eigenvalue weighted by Gasteiger charge is -2.37. The normalized spacial score (nSPS) is 23.0. The summed E-state index contributed by atoms with van der Waals surface area (Å²) in [5, 5.41) is 37.3. The van der Waals surface area contributed by atoms with Crippen molar-refractivity contribution in [1.82, 2.24) is 10.3 Å². The Morgan fingerprint density at radius 2 is 1.82 bits per heavy atom. The number of aromatic nitrogens is 1. The van der Waals surface area contributed by atoms with Crippen LogP contribution in [0.2, 0.25) is 0 Å². The summed E-state index contributed by atoms with van der Waals surface area (Å²) in [4.78, 5) is 15.9. The van der Waals surface area contributed by atoms with Gasteiger partial charge in [0, 0.05) is 11.9 Å². The van der Waals surface area contributed by atoms with Crippen LogP contribution in [0.5, 0.6) is 0 Å². The first-order valence-corrected chi connectivity index (χ1v) is 12.1. The Balaban J connectivity index is 1.47. The molecule has 12 nitrogen and oxygen atoms in total. The molecule has 0 aromatic carbocycles. The van der Waals surface area contributed by atoms with E-state index >= 15 is 0 Å². The highest BCUT2D eigenvalue weighted by Crippen LogP contribution is 2.22. The minimum absolute atomic E-state index is 0.149. The molecule has 0 bridgehead atoms. The molecule has 0 aliphatic carbocycles. The second kappa shape index (κ2) is 14.7. The molecule has 1 saturated heterocycles. The van der Waals surface area contributed by atoms with Crippen molar-refractivity contribution in [3.8, 4) is 0 Å². The summed E-state index contributed by atoms with van der Waals surface area (Å²) in [6.07, 6.45) is -3.50. The number of amides is 1. The third-order valence-corrected chi connectivity index (χ3v) is 5.40. The maximum Gasteiger partial charge on any atom is 0.407 e. The van der Waals surface area contributed by atoms with E-state index in [9.17, 15) is 15.0 Å². The highest BCUT2D eigenvalue weighted by atomic mass is 32.1. The summed E-state index contributed by atoms with van der Waals surface area (Å²) in [6.45, 7) is 7.86. The largest absolute Gasteiger partial charge is 0.444 e. The van der Waals surface area contributed by atoms with Gasteiger partial charge < -0.3 is 49.6 Å². The summed E-state index contributed by atoms with van der Waals surface area (Å²) >= 11 is 1.36. The molecule has 2 rings (SSSR count). The van der Waals surface area contributed by atoms with E-state index in [1.54, 1.807) is 20.8 Å². The van der Waals surface area contributed by atoms with Crippen LogP contribution in [-0.2, 0) is 30.3 Å². The number of nitrogens with one attached hydrogen (secondary N) is 2. The zero-order valence-corrected chi connectivity index (χ0v) is 20.7. The van der Waals surface area contributed by atoms with Gasteiger partial charge in [-0.2, -0.15) is 0 Å². The number of ether oxygens (including phenoxy) is 5. The zero-order valence-electron chi connectivity index (χ0n) is 19.9. The van der Waals surface area contributed by atoms with E-state index in [0.29, 0.717) is 51.3 Å². The number of nitrogens with zero attached hydrogens (tertiary/aromatic N) is 1. The van der Waals surface area contributed by atoms with Crippen molar-refractivity contribution >= 4 is 22.6 Å². The molecule has 0 saturated carbocycles. The molecule has 1 aliphatic heterocycles. The molecular weight excluding hydrogens is 470 g/mol. The SMILES string of the molecule is CC(C)(C)OC(=O)NCCOCCOCCOCc1csc(N[C@H]2CO[C@H](CO)[C@H](O)[C@@H]2O)n1. The minimum Gasteiger partial charge on any atom is -0.444 e. The van der Waals surface area contributed by atoms with Crippen LogP contribution < -0.4 is 10.6 Å². The number of hydrogen-bond acceptors (Lipinski definition) is 12. The fraction of sp³-hybridized carbons (Fsp3) is 0.810. The van der Waals surface area contributed by atoms with Gasteiger partial charge in [0.05, 0.1) is 64.6 Å². The molecule has 13 heteroatoms. The number of carbonyl (C=O) groups excluding carboxylic acids is 1. The Bertz CT molecular complexity index is 716. The summed E-state index contributed by atoms with van der Waals surface area (Å²) in [5.74, 6) is 0. The van der Waals surface area contributed by atoms with Crippen LogP contribution in [0.3, 0.4) is 0 Å². The monoisotopic (exact) mass is 507 g/mol. The maximum absolute atomic E-state index is 11.5. The second-order valence-corrected chi connectivity index (χ2v) is 9.49. The van der Waals surface area contributed by atoms with Crippen LogP contribution in [-0.4, -0.2) is 109 Å². The van der Waals surface area contributed by atoms with E-state index in [-0.39, 0.29) is 13.2 Å². The average Bonchev–Trinajstić information content (AvgIpc) is 3.21. The zero-order chi connectivity index (χ0) is 25.0. The van der Waals surface area contributed by atoms with Crippen LogP contribution in [0.25, 0.3) is 0 Å². The molecule has 196 valence electrons. The first-order valence-electron chi connectivity index (χ1n) is 11.2. The lowest BCUT2D eigenvalue weighted by Crippen LogP contribution is -2.56. The number of aliphatic hydroxyl groups excluding tert-OH is 3.